The highest BCUT2D eigenvalue weighted by atomic mass is 32.1. The van der Waals surface area contributed by atoms with Gasteiger partial charge in [0.2, 0.25) is 5.91 Å². The van der Waals surface area contributed by atoms with Crippen LogP contribution in [0.1, 0.15) is 56.0 Å². The summed E-state index contributed by atoms with van der Waals surface area (Å²) in [6, 6.07) is 7.74. The van der Waals surface area contributed by atoms with Crippen LogP contribution in [0.2, 0.25) is 0 Å². The Bertz CT molecular complexity index is 893. The lowest BCUT2D eigenvalue weighted by atomic mass is 10.0. The topological polar surface area (TPSA) is 78.5 Å². The van der Waals surface area contributed by atoms with Crippen LogP contribution in [-0.2, 0) is 20.9 Å². The summed E-state index contributed by atoms with van der Waals surface area (Å²) in [7, 11) is 0. The molecule has 1 atom stereocenters. The molecule has 0 aliphatic heterocycles. The second-order valence-corrected chi connectivity index (χ2v) is 9.04. The van der Waals surface area contributed by atoms with Gasteiger partial charge in [0.05, 0.1) is 6.54 Å². The second kappa shape index (κ2) is 10.5. The molecule has 0 bridgehead atoms. The van der Waals surface area contributed by atoms with Crippen molar-refractivity contribution in [3.05, 3.63) is 58.0 Å². The number of hydrogen-bond acceptors (Lipinski definition) is 4. The van der Waals surface area contributed by atoms with E-state index in [0.717, 1.165) is 30.6 Å². The maximum absolute atomic E-state index is 13.5. The van der Waals surface area contributed by atoms with Crippen molar-refractivity contribution in [2.75, 3.05) is 0 Å². The number of carbonyl (C=O) groups is 3. The molecule has 8 heteroatoms. The van der Waals surface area contributed by atoms with E-state index in [-0.39, 0.29) is 6.04 Å². The number of amides is 3. The molecule has 1 heterocycles. The SMILES string of the molecule is CC(C)N(C(=O)C(=O)NC1CCCC1)[C@H](C(=O)NCc1cccs1)c1ccc(F)cc1. The molecule has 1 aliphatic carbocycles. The number of thiophene rings is 1. The lowest BCUT2D eigenvalue weighted by molar-refractivity contribution is -0.152. The average molecular weight is 446 g/mol. The molecule has 0 saturated heterocycles. The molecule has 1 aliphatic rings. The van der Waals surface area contributed by atoms with Crippen molar-refractivity contribution in [1.29, 1.82) is 0 Å². The van der Waals surface area contributed by atoms with Crippen molar-refractivity contribution >= 4 is 29.1 Å². The molecule has 3 amide bonds. The Labute approximate surface area is 185 Å². The van der Waals surface area contributed by atoms with Gasteiger partial charge < -0.3 is 15.5 Å². The molecule has 2 aromatic rings. The maximum Gasteiger partial charge on any atom is 0.313 e. The third-order valence-electron chi connectivity index (χ3n) is 5.40. The summed E-state index contributed by atoms with van der Waals surface area (Å²) in [5, 5.41) is 7.57. The average Bonchev–Trinajstić information content (AvgIpc) is 3.44. The van der Waals surface area contributed by atoms with Crippen LogP contribution in [-0.4, -0.2) is 34.7 Å². The Morgan fingerprint density at radius 2 is 1.81 bits per heavy atom. The lowest BCUT2D eigenvalue weighted by Gasteiger charge is -2.34. The van der Waals surface area contributed by atoms with Gasteiger partial charge in [0, 0.05) is 17.0 Å². The number of halogens is 1. The van der Waals surface area contributed by atoms with Crippen molar-refractivity contribution in [1.82, 2.24) is 15.5 Å². The van der Waals surface area contributed by atoms with Crippen molar-refractivity contribution in [3.63, 3.8) is 0 Å². The Balaban J connectivity index is 1.85. The highest BCUT2D eigenvalue weighted by Gasteiger charge is 2.37. The van der Waals surface area contributed by atoms with E-state index in [1.165, 1.54) is 40.5 Å². The number of carbonyl (C=O) groups excluding carboxylic acids is 3. The predicted octanol–water partition coefficient (Wildman–Crippen LogP) is 3.54. The first kappa shape index (κ1) is 22.9. The zero-order valence-electron chi connectivity index (χ0n) is 17.8. The van der Waals surface area contributed by atoms with E-state index in [2.05, 4.69) is 10.6 Å². The molecule has 0 spiro atoms. The molecule has 166 valence electrons. The minimum absolute atomic E-state index is 0.0117. The third kappa shape index (κ3) is 5.91. The summed E-state index contributed by atoms with van der Waals surface area (Å²) in [4.78, 5) is 41.3. The molecule has 31 heavy (non-hydrogen) atoms. The maximum atomic E-state index is 13.5. The van der Waals surface area contributed by atoms with Gasteiger partial charge in [-0.05, 0) is 55.8 Å². The smallest absolute Gasteiger partial charge is 0.313 e. The molecule has 0 unspecified atom stereocenters. The number of nitrogens with zero attached hydrogens (tertiary/aromatic N) is 1. The first-order chi connectivity index (χ1) is 14.9. The monoisotopic (exact) mass is 445 g/mol. The molecule has 1 aromatic heterocycles. The molecule has 3 rings (SSSR count). The molecular formula is C23H28FN3O3S. The van der Waals surface area contributed by atoms with Crippen molar-refractivity contribution in [2.45, 2.75) is 64.2 Å². The minimum Gasteiger partial charge on any atom is -0.349 e. The zero-order chi connectivity index (χ0) is 22.4. The molecule has 1 fully saturated rings. The number of rotatable bonds is 7. The van der Waals surface area contributed by atoms with Crippen LogP contribution in [0.3, 0.4) is 0 Å². The Morgan fingerprint density at radius 3 is 2.39 bits per heavy atom. The van der Waals surface area contributed by atoms with Gasteiger partial charge in [0.15, 0.2) is 0 Å². The summed E-state index contributed by atoms with van der Waals surface area (Å²) >= 11 is 1.51. The van der Waals surface area contributed by atoms with E-state index in [9.17, 15) is 18.8 Å². The molecule has 2 N–H and O–H groups in total. The Hall–Kier alpha value is -2.74. The van der Waals surface area contributed by atoms with Gasteiger partial charge in [-0.3, -0.25) is 14.4 Å². The van der Waals surface area contributed by atoms with Crippen LogP contribution >= 0.6 is 11.3 Å². The molecule has 0 radical (unpaired) electrons. The number of hydrogen-bond donors (Lipinski definition) is 2. The normalized spacial score (nSPS) is 15.0. The van der Waals surface area contributed by atoms with Crippen molar-refractivity contribution in [2.24, 2.45) is 0 Å². The molecular weight excluding hydrogens is 417 g/mol. The van der Waals surface area contributed by atoms with E-state index < -0.39 is 35.6 Å². The van der Waals surface area contributed by atoms with Crippen molar-refractivity contribution in [3.8, 4) is 0 Å². The van der Waals surface area contributed by atoms with Crippen LogP contribution in [0.15, 0.2) is 41.8 Å². The van der Waals surface area contributed by atoms with Gasteiger partial charge in [0.1, 0.15) is 11.9 Å². The zero-order valence-corrected chi connectivity index (χ0v) is 18.6. The van der Waals surface area contributed by atoms with Gasteiger partial charge in [-0.2, -0.15) is 0 Å². The van der Waals surface area contributed by atoms with Gasteiger partial charge in [-0.15, -0.1) is 11.3 Å². The van der Waals surface area contributed by atoms with E-state index in [4.69, 9.17) is 0 Å². The fourth-order valence-corrected chi connectivity index (χ4v) is 4.50. The van der Waals surface area contributed by atoms with E-state index in [1.807, 2.05) is 17.5 Å². The highest BCUT2D eigenvalue weighted by Crippen LogP contribution is 2.25. The standard InChI is InChI=1S/C23H28FN3O3S/c1-15(2)27(23(30)22(29)26-18-6-3-4-7-18)20(16-9-11-17(24)12-10-16)21(28)25-14-19-8-5-13-31-19/h5,8-13,15,18,20H,3-4,6-7,14H2,1-2H3,(H,25,28)(H,26,29)/t20-/m0/s1. The Kier molecular flexibility index (Phi) is 7.79. The number of nitrogens with one attached hydrogen (secondary N) is 2. The van der Waals surface area contributed by atoms with Crippen LogP contribution in [0, 0.1) is 5.82 Å². The summed E-state index contributed by atoms with van der Waals surface area (Å²) in [6.07, 6.45) is 3.75. The summed E-state index contributed by atoms with van der Waals surface area (Å²) in [5.74, 6) is -2.33. The molecule has 1 aromatic carbocycles. The lowest BCUT2D eigenvalue weighted by Crippen LogP contribution is -2.52. The fourth-order valence-electron chi connectivity index (χ4n) is 3.85. The minimum atomic E-state index is -1.05. The van der Waals surface area contributed by atoms with Crippen molar-refractivity contribution < 1.29 is 18.8 Å². The summed E-state index contributed by atoms with van der Waals surface area (Å²) in [6.45, 7) is 3.82. The third-order valence-corrected chi connectivity index (χ3v) is 6.28. The Morgan fingerprint density at radius 1 is 1.13 bits per heavy atom. The van der Waals surface area contributed by atoms with Crippen LogP contribution in [0.5, 0.6) is 0 Å². The second-order valence-electron chi connectivity index (χ2n) is 8.01. The number of benzene rings is 1. The molecule has 1 saturated carbocycles. The van der Waals surface area contributed by atoms with E-state index in [0.29, 0.717) is 12.1 Å². The summed E-state index contributed by atoms with van der Waals surface area (Å²) in [5.41, 5.74) is 0.445. The van der Waals surface area contributed by atoms with Crippen LogP contribution in [0.4, 0.5) is 4.39 Å². The summed E-state index contributed by atoms with van der Waals surface area (Å²) < 4.78 is 13.5. The fraction of sp³-hybridized carbons (Fsp3) is 0.435. The quantitative estimate of drug-likeness (QED) is 0.640. The first-order valence-corrected chi connectivity index (χ1v) is 11.4. The predicted molar refractivity (Wildman–Crippen MR) is 118 cm³/mol. The van der Waals surface area contributed by atoms with E-state index in [1.54, 1.807) is 13.8 Å². The molecule has 6 nitrogen and oxygen atoms in total. The highest BCUT2D eigenvalue weighted by molar-refractivity contribution is 7.09. The van der Waals surface area contributed by atoms with Crippen LogP contribution < -0.4 is 10.6 Å². The van der Waals surface area contributed by atoms with Crippen LogP contribution in [0.25, 0.3) is 0 Å². The van der Waals surface area contributed by atoms with E-state index >= 15 is 0 Å². The van der Waals surface area contributed by atoms with Gasteiger partial charge in [-0.1, -0.05) is 31.0 Å². The largest absolute Gasteiger partial charge is 0.349 e. The first-order valence-electron chi connectivity index (χ1n) is 10.6. The van der Waals surface area contributed by atoms with Gasteiger partial charge >= 0.3 is 11.8 Å². The van der Waals surface area contributed by atoms with Gasteiger partial charge in [0.25, 0.3) is 0 Å². The van der Waals surface area contributed by atoms with Gasteiger partial charge in [-0.25, -0.2) is 4.39 Å².